The van der Waals surface area contributed by atoms with Crippen LogP contribution in [0.15, 0.2) is 253 Å². The molecule has 15 rings (SSSR count). The van der Waals surface area contributed by atoms with Crippen LogP contribution in [-0.4, -0.2) is 0 Å². The lowest BCUT2D eigenvalue weighted by molar-refractivity contribution is 0.660. The molecule has 0 unspecified atom stereocenters. The van der Waals surface area contributed by atoms with E-state index in [0.29, 0.717) is 0 Å². The zero-order chi connectivity index (χ0) is 47.7. The van der Waals surface area contributed by atoms with Crippen LogP contribution in [0.2, 0.25) is 0 Å². The van der Waals surface area contributed by atoms with Crippen LogP contribution in [0.5, 0.6) is 0 Å². The second-order valence-corrected chi connectivity index (χ2v) is 20.3. The van der Waals surface area contributed by atoms with E-state index in [0.717, 1.165) is 55.7 Å². The molecule has 1 aromatic heterocycles. The number of fused-ring (bicyclic) bond motifs is 16. The largest absolute Gasteiger partial charge is 0.455 e. The van der Waals surface area contributed by atoms with Gasteiger partial charge in [0.2, 0.25) is 0 Å². The van der Waals surface area contributed by atoms with E-state index in [1.807, 2.05) is 0 Å². The number of hydrogen-bond acceptors (Lipinski definition) is 2. The zero-order valence-electron chi connectivity index (χ0n) is 40.0. The molecular formula is C70H47NO. The van der Waals surface area contributed by atoms with Crippen molar-refractivity contribution >= 4 is 39.0 Å². The second kappa shape index (κ2) is 15.3. The normalized spacial score (nSPS) is 13.9. The van der Waals surface area contributed by atoms with Crippen molar-refractivity contribution < 1.29 is 4.42 Å². The molecule has 2 nitrogen and oxygen atoms in total. The first-order valence-corrected chi connectivity index (χ1v) is 25.2. The first kappa shape index (κ1) is 40.9. The highest BCUT2D eigenvalue weighted by Gasteiger charge is 2.52. The quantitative estimate of drug-likeness (QED) is 0.165. The average molecular weight is 918 g/mol. The Bertz CT molecular complexity index is 4150. The molecule has 1 heterocycles. The highest BCUT2D eigenvalue weighted by Crippen LogP contribution is 2.64. The van der Waals surface area contributed by atoms with Gasteiger partial charge in [0.25, 0.3) is 0 Å². The Labute approximate surface area is 419 Å². The molecule has 1 spiro atoms. The van der Waals surface area contributed by atoms with Crippen molar-refractivity contribution in [2.45, 2.75) is 24.7 Å². The van der Waals surface area contributed by atoms with Crippen LogP contribution >= 0.6 is 0 Å². The van der Waals surface area contributed by atoms with E-state index >= 15 is 0 Å². The number of rotatable bonds is 6. The monoisotopic (exact) mass is 917 g/mol. The van der Waals surface area contributed by atoms with Gasteiger partial charge in [-0.15, -0.1) is 0 Å². The maximum Gasteiger partial charge on any atom is 0.143 e. The Kier molecular flexibility index (Phi) is 8.66. The summed E-state index contributed by atoms with van der Waals surface area (Å²) in [6.45, 7) is 4.75. The van der Waals surface area contributed by atoms with Crippen molar-refractivity contribution in [3.05, 3.63) is 282 Å². The lowest BCUT2D eigenvalue weighted by atomic mass is 9.70. The summed E-state index contributed by atoms with van der Waals surface area (Å²) in [6, 6.07) is 92.4. The summed E-state index contributed by atoms with van der Waals surface area (Å²) in [4.78, 5) is 2.51. The molecule has 11 aromatic carbocycles. The van der Waals surface area contributed by atoms with Crippen LogP contribution in [0.1, 0.15) is 47.2 Å². The molecule has 0 radical (unpaired) electrons. The van der Waals surface area contributed by atoms with Gasteiger partial charge in [-0.3, -0.25) is 0 Å². The SMILES string of the molecule is CC1(C)c2ccccc2-c2ccc(N(c3ccc(-c4ccccc4)cc3)c3ccc(-c4cccc5c4oc4ccccc45)cc3-c3cccc4c3-c3ccccc3C43c4ccccc4-c4ccccc43)cc21. The first-order valence-electron chi connectivity index (χ1n) is 25.2. The minimum Gasteiger partial charge on any atom is -0.455 e. The third-order valence-corrected chi connectivity index (χ3v) is 16.3. The van der Waals surface area contributed by atoms with Gasteiger partial charge in [-0.25, -0.2) is 0 Å². The number of benzene rings is 11. The van der Waals surface area contributed by atoms with Crippen LogP contribution in [0.25, 0.3) is 88.7 Å². The molecule has 0 saturated carbocycles. The van der Waals surface area contributed by atoms with Gasteiger partial charge in [0, 0.05) is 38.7 Å². The second-order valence-electron chi connectivity index (χ2n) is 20.3. The molecule has 0 aliphatic heterocycles. The van der Waals surface area contributed by atoms with Gasteiger partial charge in [-0.2, -0.15) is 0 Å². The molecule has 3 aliphatic carbocycles. The fourth-order valence-electron chi connectivity index (χ4n) is 13.1. The lowest BCUT2D eigenvalue weighted by Crippen LogP contribution is -2.25. The van der Waals surface area contributed by atoms with Crippen LogP contribution in [0.3, 0.4) is 0 Å². The molecule has 2 heteroatoms. The van der Waals surface area contributed by atoms with Gasteiger partial charge in [0.1, 0.15) is 11.2 Å². The predicted octanol–water partition coefficient (Wildman–Crippen LogP) is 18.7. The molecule has 0 fully saturated rings. The standard InChI is InChI=1S/C70H47NO/c1-69(2)59-28-11-6-20-50(59)53-40-39-48(43-64(53)69)71(47-37-34-45(35-38-47)44-18-4-3-5-19-44)65-41-36-46(49-25-16-27-56-54-23-10-15-33-66(54)72-68(49)56)42-58(65)55-26-17-32-63-67(55)57-24-9-14-31-62(57)70(63)60-29-12-7-21-51(60)52-22-8-13-30-61(52)70/h3-43H,1-2H3. The van der Waals surface area contributed by atoms with E-state index < -0.39 is 5.41 Å². The summed E-state index contributed by atoms with van der Waals surface area (Å²) in [5.41, 5.74) is 27.0. The number of para-hydroxylation sites is 2. The summed E-state index contributed by atoms with van der Waals surface area (Å²) in [5.74, 6) is 0. The summed E-state index contributed by atoms with van der Waals surface area (Å²) >= 11 is 0. The minimum atomic E-state index is -0.486. The Morgan fingerprint density at radius 2 is 0.833 bits per heavy atom. The van der Waals surface area contributed by atoms with E-state index in [4.69, 9.17) is 4.42 Å². The number of hydrogen-bond donors (Lipinski definition) is 0. The number of nitrogens with zero attached hydrogens (tertiary/aromatic N) is 1. The third-order valence-electron chi connectivity index (χ3n) is 16.3. The topological polar surface area (TPSA) is 16.4 Å². The van der Waals surface area contributed by atoms with E-state index in [1.54, 1.807) is 0 Å². The molecule has 0 amide bonds. The third kappa shape index (κ3) is 5.61. The summed E-state index contributed by atoms with van der Waals surface area (Å²) in [5, 5.41) is 2.24. The fraction of sp³-hybridized carbons (Fsp3) is 0.0571. The maximum absolute atomic E-state index is 6.78. The minimum absolute atomic E-state index is 0.186. The first-order chi connectivity index (χ1) is 35.5. The molecule has 72 heavy (non-hydrogen) atoms. The van der Waals surface area contributed by atoms with Gasteiger partial charge in [0.15, 0.2) is 0 Å². The van der Waals surface area contributed by atoms with Crippen LogP contribution in [0, 0.1) is 0 Å². The van der Waals surface area contributed by atoms with Gasteiger partial charge in [-0.05, 0) is 131 Å². The van der Waals surface area contributed by atoms with Crippen molar-refractivity contribution in [1.29, 1.82) is 0 Å². The van der Waals surface area contributed by atoms with E-state index in [2.05, 4.69) is 267 Å². The molecule has 0 saturated heterocycles. The molecule has 0 N–H and O–H groups in total. The van der Waals surface area contributed by atoms with Crippen molar-refractivity contribution in [3.8, 4) is 66.8 Å². The van der Waals surface area contributed by atoms with Crippen molar-refractivity contribution in [1.82, 2.24) is 0 Å². The molecule has 0 atom stereocenters. The summed E-state index contributed by atoms with van der Waals surface area (Å²) < 4.78 is 6.78. The Balaban J connectivity index is 1.03. The maximum atomic E-state index is 6.78. The van der Waals surface area contributed by atoms with Crippen molar-refractivity contribution in [2.24, 2.45) is 0 Å². The average Bonchev–Trinajstić information content (AvgIpc) is 4.14. The Hall–Kier alpha value is -8.98. The lowest BCUT2D eigenvalue weighted by Gasteiger charge is -2.31. The Morgan fingerprint density at radius 1 is 0.319 bits per heavy atom. The van der Waals surface area contributed by atoms with Crippen LogP contribution < -0.4 is 4.90 Å². The number of furan rings is 1. The zero-order valence-corrected chi connectivity index (χ0v) is 40.0. The highest BCUT2D eigenvalue weighted by molar-refractivity contribution is 6.10. The highest BCUT2D eigenvalue weighted by atomic mass is 16.3. The van der Waals surface area contributed by atoms with Gasteiger partial charge >= 0.3 is 0 Å². The van der Waals surface area contributed by atoms with Crippen molar-refractivity contribution in [2.75, 3.05) is 4.90 Å². The van der Waals surface area contributed by atoms with Gasteiger partial charge < -0.3 is 9.32 Å². The van der Waals surface area contributed by atoms with E-state index in [1.165, 1.54) is 83.5 Å². The van der Waals surface area contributed by atoms with E-state index in [9.17, 15) is 0 Å². The smallest absolute Gasteiger partial charge is 0.143 e. The molecular weight excluding hydrogens is 871 g/mol. The Morgan fingerprint density at radius 3 is 1.58 bits per heavy atom. The summed E-state index contributed by atoms with van der Waals surface area (Å²) in [6.07, 6.45) is 0. The predicted molar refractivity (Wildman–Crippen MR) is 299 cm³/mol. The fourth-order valence-corrected chi connectivity index (χ4v) is 13.1. The van der Waals surface area contributed by atoms with Gasteiger partial charge in [-0.1, -0.05) is 220 Å². The molecule has 12 aromatic rings. The molecule has 0 bridgehead atoms. The van der Waals surface area contributed by atoms with Crippen LogP contribution in [0.4, 0.5) is 17.1 Å². The van der Waals surface area contributed by atoms with Gasteiger partial charge in [0.05, 0.1) is 11.1 Å². The molecule has 338 valence electrons. The molecule has 3 aliphatic rings. The van der Waals surface area contributed by atoms with E-state index in [-0.39, 0.29) is 5.41 Å². The van der Waals surface area contributed by atoms with Crippen LogP contribution in [-0.2, 0) is 10.8 Å². The van der Waals surface area contributed by atoms with Crippen molar-refractivity contribution in [3.63, 3.8) is 0 Å². The summed E-state index contributed by atoms with van der Waals surface area (Å²) in [7, 11) is 0. The number of anilines is 3.